The minimum absolute atomic E-state index is 0.121. The highest BCUT2D eigenvalue weighted by atomic mass is 32.1. The van der Waals surface area contributed by atoms with E-state index in [4.69, 9.17) is 9.26 Å². The van der Waals surface area contributed by atoms with Gasteiger partial charge in [-0.2, -0.15) is 16.3 Å². The maximum Gasteiger partial charge on any atom is 0.409 e. The molecule has 0 N–H and O–H groups in total. The van der Waals surface area contributed by atoms with Gasteiger partial charge in [-0.25, -0.2) is 4.79 Å². The summed E-state index contributed by atoms with van der Waals surface area (Å²) >= 11 is 1.59. The van der Waals surface area contributed by atoms with Crippen LogP contribution in [-0.2, 0) is 4.74 Å². The molecule has 20 heavy (non-hydrogen) atoms. The molecule has 1 atom stereocenters. The molecule has 106 valence electrons. The van der Waals surface area contributed by atoms with Gasteiger partial charge in [0, 0.05) is 24.4 Å². The number of nitrogens with zero attached hydrogens (tertiary/aromatic N) is 3. The Bertz CT molecular complexity index is 581. The number of carbonyl (C=O) groups excluding carboxylic acids is 1. The monoisotopic (exact) mass is 293 g/mol. The molecule has 1 aliphatic rings. The van der Waals surface area contributed by atoms with Gasteiger partial charge < -0.3 is 14.2 Å². The Morgan fingerprint density at radius 3 is 3.30 bits per heavy atom. The number of likely N-dealkylation sites (tertiary alicyclic amines) is 1. The van der Waals surface area contributed by atoms with Gasteiger partial charge in [-0.05, 0) is 24.8 Å². The van der Waals surface area contributed by atoms with E-state index in [-0.39, 0.29) is 12.0 Å². The first-order valence-electron chi connectivity index (χ1n) is 6.55. The Morgan fingerprint density at radius 2 is 2.55 bits per heavy atom. The summed E-state index contributed by atoms with van der Waals surface area (Å²) in [5, 5.41) is 7.97. The molecular formula is C13H15N3O3S. The maximum atomic E-state index is 11.7. The summed E-state index contributed by atoms with van der Waals surface area (Å²) in [6, 6.07) is 1.95. The highest BCUT2D eigenvalue weighted by Gasteiger charge is 2.31. The molecule has 0 aromatic carbocycles. The molecule has 1 fully saturated rings. The summed E-state index contributed by atoms with van der Waals surface area (Å²) in [7, 11) is 0. The van der Waals surface area contributed by atoms with Crippen molar-refractivity contribution in [1.29, 1.82) is 0 Å². The van der Waals surface area contributed by atoms with Crippen LogP contribution in [0.15, 0.2) is 21.3 Å². The van der Waals surface area contributed by atoms with E-state index >= 15 is 0 Å². The number of aromatic nitrogens is 2. The third-order valence-electron chi connectivity index (χ3n) is 3.29. The molecule has 3 rings (SSSR count). The van der Waals surface area contributed by atoms with Crippen LogP contribution < -0.4 is 0 Å². The topological polar surface area (TPSA) is 68.5 Å². The Balaban J connectivity index is 1.68. The van der Waals surface area contributed by atoms with Gasteiger partial charge in [-0.1, -0.05) is 5.16 Å². The Hall–Kier alpha value is -1.89. The smallest absolute Gasteiger partial charge is 0.409 e. The normalized spacial score (nSPS) is 18.4. The summed E-state index contributed by atoms with van der Waals surface area (Å²) in [6.45, 7) is 3.45. The van der Waals surface area contributed by atoms with E-state index in [9.17, 15) is 4.79 Å². The summed E-state index contributed by atoms with van der Waals surface area (Å²) < 4.78 is 10.3. The van der Waals surface area contributed by atoms with Crippen molar-refractivity contribution >= 4 is 17.4 Å². The van der Waals surface area contributed by atoms with Gasteiger partial charge in [0.15, 0.2) is 5.82 Å². The fourth-order valence-corrected chi connectivity index (χ4v) is 2.89. The van der Waals surface area contributed by atoms with Crippen molar-refractivity contribution in [3.63, 3.8) is 0 Å². The number of rotatable bonds is 3. The Kier molecular flexibility index (Phi) is 3.68. The van der Waals surface area contributed by atoms with Crippen molar-refractivity contribution < 1.29 is 14.1 Å². The molecule has 6 nitrogen and oxygen atoms in total. The zero-order chi connectivity index (χ0) is 13.9. The van der Waals surface area contributed by atoms with Gasteiger partial charge in [0.1, 0.15) is 0 Å². The van der Waals surface area contributed by atoms with Crippen LogP contribution >= 0.6 is 11.3 Å². The summed E-state index contributed by atoms with van der Waals surface area (Å²) in [4.78, 5) is 17.8. The average Bonchev–Trinajstić information content (AvgIpc) is 3.19. The van der Waals surface area contributed by atoms with Crippen molar-refractivity contribution in [2.45, 2.75) is 19.3 Å². The molecule has 0 radical (unpaired) electrons. The minimum atomic E-state index is -0.267. The SMILES string of the molecule is CCOC(=O)N1CCC(c2noc(-c3ccsc3)n2)C1. The van der Waals surface area contributed by atoms with Crippen molar-refractivity contribution in [3.8, 4) is 11.5 Å². The highest BCUT2D eigenvalue weighted by Crippen LogP contribution is 2.28. The molecule has 1 saturated heterocycles. The lowest BCUT2D eigenvalue weighted by Gasteiger charge is -2.14. The van der Waals surface area contributed by atoms with Gasteiger partial charge in [-0.3, -0.25) is 0 Å². The molecule has 0 aliphatic carbocycles. The molecular weight excluding hydrogens is 278 g/mol. The van der Waals surface area contributed by atoms with E-state index in [1.165, 1.54) is 0 Å². The van der Waals surface area contributed by atoms with Gasteiger partial charge in [0.2, 0.25) is 0 Å². The molecule has 0 bridgehead atoms. The lowest BCUT2D eigenvalue weighted by Crippen LogP contribution is -2.29. The second kappa shape index (κ2) is 5.62. The van der Waals surface area contributed by atoms with Crippen LogP contribution in [0.25, 0.3) is 11.5 Å². The molecule has 1 amide bonds. The van der Waals surface area contributed by atoms with Gasteiger partial charge in [-0.15, -0.1) is 0 Å². The van der Waals surface area contributed by atoms with Crippen molar-refractivity contribution in [3.05, 3.63) is 22.7 Å². The molecule has 7 heteroatoms. The van der Waals surface area contributed by atoms with Gasteiger partial charge >= 0.3 is 6.09 Å². The molecule has 1 unspecified atom stereocenters. The second-order valence-corrected chi connectivity index (χ2v) is 5.38. The third kappa shape index (κ3) is 2.53. The zero-order valence-corrected chi connectivity index (χ0v) is 11.9. The fourth-order valence-electron chi connectivity index (χ4n) is 2.26. The van der Waals surface area contributed by atoms with Crippen LogP contribution in [-0.4, -0.2) is 40.8 Å². The summed E-state index contributed by atoms with van der Waals surface area (Å²) in [6.07, 6.45) is 0.568. The predicted octanol–water partition coefficient (Wildman–Crippen LogP) is 2.74. The Labute approximate surface area is 120 Å². The number of hydrogen-bond donors (Lipinski definition) is 0. The predicted molar refractivity (Wildman–Crippen MR) is 73.6 cm³/mol. The molecule has 2 aromatic heterocycles. The van der Waals surface area contributed by atoms with Gasteiger partial charge in [0.25, 0.3) is 5.89 Å². The van der Waals surface area contributed by atoms with Crippen LogP contribution in [0.2, 0.25) is 0 Å². The lowest BCUT2D eigenvalue weighted by molar-refractivity contribution is 0.115. The fraction of sp³-hybridized carbons (Fsp3) is 0.462. The molecule has 3 heterocycles. The van der Waals surface area contributed by atoms with E-state index in [2.05, 4.69) is 10.1 Å². The lowest BCUT2D eigenvalue weighted by atomic mass is 10.1. The van der Waals surface area contributed by atoms with Crippen molar-refractivity contribution in [2.75, 3.05) is 19.7 Å². The van der Waals surface area contributed by atoms with E-state index in [1.54, 1.807) is 23.2 Å². The number of hydrogen-bond acceptors (Lipinski definition) is 6. The first kappa shape index (κ1) is 13.1. The molecule has 1 aliphatic heterocycles. The average molecular weight is 293 g/mol. The van der Waals surface area contributed by atoms with Crippen LogP contribution in [0.3, 0.4) is 0 Å². The Morgan fingerprint density at radius 1 is 1.65 bits per heavy atom. The number of amides is 1. The van der Waals surface area contributed by atoms with Gasteiger partial charge in [0.05, 0.1) is 12.2 Å². The van der Waals surface area contributed by atoms with Crippen LogP contribution in [0.5, 0.6) is 0 Å². The van der Waals surface area contributed by atoms with E-state index in [1.807, 2.05) is 16.8 Å². The number of thiophene rings is 1. The standard InChI is InChI=1S/C13H15N3O3S/c1-2-18-13(17)16-5-3-9(7-16)11-14-12(19-15-11)10-4-6-20-8-10/h4,6,8-9H,2-3,5,7H2,1H3. The van der Waals surface area contributed by atoms with Crippen molar-refractivity contribution in [1.82, 2.24) is 15.0 Å². The zero-order valence-electron chi connectivity index (χ0n) is 11.1. The minimum Gasteiger partial charge on any atom is -0.450 e. The molecule has 0 spiro atoms. The maximum absolute atomic E-state index is 11.7. The second-order valence-electron chi connectivity index (χ2n) is 4.60. The third-order valence-corrected chi connectivity index (χ3v) is 3.97. The van der Waals surface area contributed by atoms with E-state index in [0.29, 0.717) is 31.4 Å². The number of carbonyl (C=O) groups is 1. The summed E-state index contributed by atoms with van der Waals surface area (Å²) in [5.41, 5.74) is 0.939. The quantitative estimate of drug-likeness (QED) is 0.870. The summed E-state index contributed by atoms with van der Waals surface area (Å²) in [5.74, 6) is 1.32. The van der Waals surface area contributed by atoms with E-state index < -0.39 is 0 Å². The van der Waals surface area contributed by atoms with Crippen LogP contribution in [0, 0.1) is 0 Å². The first-order chi connectivity index (χ1) is 9.78. The first-order valence-corrected chi connectivity index (χ1v) is 7.50. The number of ether oxygens (including phenoxy) is 1. The van der Waals surface area contributed by atoms with Crippen LogP contribution in [0.4, 0.5) is 4.79 Å². The van der Waals surface area contributed by atoms with Crippen molar-refractivity contribution in [2.24, 2.45) is 0 Å². The molecule has 0 saturated carbocycles. The largest absolute Gasteiger partial charge is 0.450 e. The van der Waals surface area contributed by atoms with E-state index in [0.717, 1.165) is 12.0 Å². The van der Waals surface area contributed by atoms with Crippen LogP contribution in [0.1, 0.15) is 25.1 Å². The molecule has 2 aromatic rings. The highest BCUT2D eigenvalue weighted by molar-refractivity contribution is 7.08.